The van der Waals surface area contributed by atoms with Gasteiger partial charge in [0.05, 0.1) is 6.04 Å². The molecular formula is C21H29NO4. The van der Waals surface area contributed by atoms with Gasteiger partial charge in [0, 0.05) is 6.61 Å². The summed E-state index contributed by atoms with van der Waals surface area (Å²) < 4.78 is 5.09. The Morgan fingerprint density at radius 1 is 1.35 bits per heavy atom. The molecule has 0 spiro atoms. The van der Waals surface area contributed by atoms with Crippen LogP contribution in [0.2, 0.25) is 0 Å². The highest BCUT2D eigenvalue weighted by Gasteiger charge is 2.43. The number of nitrogens with zero attached hydrogens (tertiary/aromatic N) is 1. The van der Waals surface area contributed by atoms with E-state index in [1.54, 1.807) is 0 Å². The predicted octanol–water partition coefficient (Wildman–Crippen LogP) is 3.74. The quantitative estimate of drug-likeness (QED) is 0.786. The van der Waals surface area contributed by atoms with E-state index in [1.165, 1.54) is 11.0 Å². The number of cyclic esters (lactones) is 1. The van der Waals surface area contributed by atoms with Crippen molar-refractivity contribution in [2.75, 3.05) is 13.2 Å². The zero-order valence-electron chi connectivity index (χ0n) is 16.0. The second kappa shape index (κ2) is 8.49. The number of imide groups is 1. The number of hydrogen-bond acceptors (Lipinski definition) is 4. The summed E-state index contributed by atoms with van der Waals surface area (Å²) in [4.78, 5) is 25.8. The van der Waals surface area contributed by atoms with Crippen LogP contribution in [0, 0.1) is 11.3 Å². The summed E-state index contributed by atoms with van der Waals surface area (Å²) in [6.07, 6.45) is 3.31. The first-order chi connectivity index (χ1) is 12.3. The van der Waals surface area contributed by atoms with E-state index in [-0.39, 0.29) is 42.4 Å². The van der Waals surface area contributed by atoms with Crippen LogP contribution in [-0.4, -0.2) is 41.3 Å². The van der Waals surface area contributed by atoms with Gasteiger partial charge in [0.25, 0.3) is 5.91 Å². The summed E-state index contributed by atoms with van der Waals surface area (Å²) in [6.45, 7) is 8.28. The number of aliphatic hydroxyl groups is 1. The number of benzene rings is 1. The molecule has 0 aromatic heterocycles. The average Bonchev–Trinajstić information content (AvgIpc) is 3.00. The maximum absolute atomic E-state index is 12.6. The van der Waals surface area contributed by atoms with Crippen LogP contribution >= 0.6 is 0 Å². The lowest BCUT2D eigenvalue weighted by Gasteiger charge is -2.30. The molecule has 5 nitrogen and oxygen atoms in total. The zero-order valence-corrected chi connectivity index (χ0v) is 16.0. The summed E-state index contributed by atoms with van der Waals surface area (Å²) in [6, 6.07) is 9.67. The van der Waals surface area contributed by atoms with Gasteiger partial charge in [-0.2, -0.15) is 0 Å². The lowest BCUT2D eigenvalue weighted by molar-refractivity contribution is -0.125. The molecule has 0 unspecified atom stereocenters. The maximum Gasteiger partial charge on any atom is 0.417 e. The Kier molecular flexibility index (Phi) is 6.59. The molecule has 1 N–H and O–H groups in total. The largest absolute Gasteiger partial charge is 0.447 e. The molecule has 1 aliphatic rings. The van der Waals surface area contributed by atoms with Crippen LogP contribution in [-0.2, 0) is 9.53 Å². The number of hydrogen-bond donors (Lipinski definition) is 1. The minimum Gasteiger partial charge on any atom is -0.447 e. The molecule has 0 aliphatic carbocycles. The number of allylic oxidation sites excluding steroid dienone is 1. The minimum atomic E-state index is -0.581. The topological polar surface area (TPSA) is 66.8 Å². The fraction of sp³-hybridized carbons (Fsp3) is 0.524. The van der Waals surface area contributed by atoms with Crippen LogP contribution in [0.5, 0.6) is 0 Å². The Balaban J connectivity index is 2.13. The highest BCUT2D eigenvalue weighted by atomic mass is 16.6. The molecule has 0 saturated carbocycles. The van der Waals surface area contributed by atoms with E-state index < -0.39 is 6.09 Å². The monoisotopic (exact) mass is 359 g/mol. The summed E-state index contributed by atoms with van der Waals surface area (Å²) in [7, 11) is 0. The van der Waals surface area contributed by atoms with E-state index in [0.29, 0.717) is 6.42 Å². The van der Waals surface area contributed by atoms with Crippen molar-refractivity contribution in [2.45, 2.75) is 46.1 Å². The third kappa shape index (κ3) is 4.73. The molecule has 1 heterocycles. The summed E-state index contributed by atoms with van der Waals surface area (Å²) in [5, 5.41) is 9.40. The second-order valence-electron chi connectivity index (χ2n) is 7.91. The SMILES string of the molecule is C[C@H](/C=C/C(=O)N1C(=O)OC[C@@H]1C(C)(C)C)[C@@H](CCO)c1ccccc1. The van der Waals surface area contributed by atoms with Crippen molar-refractivity contribution in [1.29, 1.82) is 0 Å². The molecule has 1 saturated heterocycles. The predicted molar refractivity (Wildman–Crippen MR) is 101 cm³/mol. The van der Waals surface area contributed by atoms with E-state index in [4.69, 9.17) is 4.74 Å². The van der Waals surface area contributed by atoms with Crippen LogP contribution < -0.4 is 0 Å². The first-order valence-electron chi connectivity index (χ1n) is 9.09. The number of ether oxygens (including phenoxy) is 1. The van der Waals surface area contributed by atoms with E-state index in [9.17, 15) is 14.7 Å². The molecule has 1 aromatic rings. The molecular weight excluding hydrogens is 330 g/mol. The van der Waals surface area contributed by atoms with Gasteiger partial charge in [0.15, 0.2) is 0 Å². The van der Waals surface area contributed by atoms with Gasteiger partial charge < -0.3 is 9.84 Å². The zero-order chi connectivity index (χ0) is 19.3. The molecule has 1 aliphatic heterocycles. The van der Waals surface area contributed by atoms with E-state index in [2.05, 4.69) is 0 Å². The highest BCUT2D eigenvalue weighted by molar-refractivity contribution is 5.99. The lowest BCUT2D eigenvalue weighted by Crippen LogP contribution is -2.45. The molecule has 0 bridgehead atoms. The number of carbonyl (C=O) groups excluding carboxylic acids is 2. The van der Waals surface area contributed by atoms with Crippen LogP contribution in [0.1, 0.15) is 45.6 Å². The number of aliphatic hydroxyl groups excluding tert-OH is 1. The molecule has 1 aromatic carbocycles. The fourth-order valence-corrected chi connectivity index (χ4v) is 3.32. The van der Waals surface area contributed by atoms with E-state index in [1.807, 2.05) is 64.1 Å². The Labute approximate surface area is 155 Å². The van der Waals surface area contributed by atoms with Crippen molar-refractivity contribution in [2.24, 2.45) is 11.3 Å². The van der Waals surface area contributed by atoms with Gasteiger partial charge in [-0.05, 0) is 35.3 Å². The smallest absolute Gasteiger partial charge is 0.417 e. The Morgan fingerprint density at radius 2 is 2.00 bits per heavy atom. The van der Waals surface area contributed by atoms with Gasteiger partial charge in [0.2, 0.25) is 0 Å². The third-order valence-electron chi connectivity index (χ3n) is 4.96. The van der Waals surface area contributed by atoms with Crippen LogP contribution in [0.25, 0.3) is 0 Å². The van der Waals surface area contributed by atoms with Gasteiger partial charge in [-0.1, -0.05) is 64.1 Å². The number of rotatable bonds is 6. The highest BCUT2D eigenvalue weighted by Crippen LogP contribution is 2.31. The third-order valence-corrected chi connectivity index (χ3v) is 4.96. The van der Waals surface area contributed by atoms with Crippen LogP contribution in [0.3, 0.4) is 0 Å². The van der Waals surface area contributed by atoms with Crippen LogP contribution in [0.4, 0.5) is 4.79 Å². The molecule has 3 atom stereocenters. The summed E-state index contributed by atoms with van der Waals surface area (Å²) in [5.74, 6) is -0.204. The first-order valence-corrected chi connectivity index (χ1v) is 9.09. The Morgan fingerprint density at radius 3 is 2.58 bits per heavy atom. The molecule has 1 fully saturated rings. The van der Waals surface area contributed by atoms with Gasteiger partial charge in [-0.25, -0.2) is 9.69 Å². The first kappa shape index (κ1) is 20.2. The number of amides is 2. The van der Waals surface area contributed by atoms with Crippen molar-refractivity contribution in [3.8, 4) is 0 Å². The van der Waals surface area contributed by atoms with Crippen molar-refractivity contribution >= 4 is 12.0 Å². The van der Waals surface area contributed by atoms with Gasteiger partial charge in [-0.15, -0.1) is 0 Å². The van der Waals surface area contributed by atoms with Gasteiger partial charge in [0.1, 0.15) is 6.61 Å². The Bertz CT molecular complexity index is 648. The standard InChI is InChI=1S/C21H29NO4/c1-15(17(12-13-23)16-8-6-5-7-9-16)10-11-19(24)22-18(21(2,3)4)14-26-20(22)25/h5-11,15,17-18,23H,12-14H2,1-4H3/b11-10+/t15-,17-,18-/m1/s1. The molecule has 0 radical (unpaired) electrons. The Hall–Kier alpha value is -2.14. The van der Waals surface area contributed by atoms with Crippen molar-refractivity contribution < 1.29 is 19.4 Å². The normalized spacial score (nSPS) is 20.3. The molecule has 2 amide bonds. The molecule has 5 heteroatoms. The van der Waals surface area contributed by atoms with Crippen molar-refractivity contribution in [1.82, 2.24) is 4.90 Å². The second-order valence-corrected chi connectivity index (χ2v) is 7.91. The van der Waals surface area contributed by atoms with Crippen molar-refractivity contribution in [3.63, 3.8) is 0 Å². The van der Waals surface area contributed by atoms with Gasteiger partial charge in [-0.3, -0.25) is 4.79 Å². The molecule has 2 rings (SSSR count). The lowest BCUT2D eigenvalue weighted by atomic mass is 9.84. The van der Waals surface area contributed by atoms with E-state index in [0.717, 1.165) is 5.56 Å². The molecule has 142 valence electrons. The number of carbonyl (C=O) groups is 2. The maximum atomic E-state index is 12.6. The average molecular weight is 359 g/mol. The summed E-state index contributed by atoms with van der Waals surface area (Å²) in [5.41, 5.74) is 0.879. The van der Waals surface area contributed by atoms with Crippen molar-refractivity contribution in [3.05, 3.63) is 48.0 Å². The minimum absolute atomic E-state index is 0.0419. The van der Waals surface area contributed by atoms with Crippen LogP contribution in [0.15, 0.2) is 42.5 Å². The van der Waals surface area contributed by atoms with Gasteiger partial charge >= 0.3 is 6.09 Å². The van der Waals surface area contributed by atoms with E-state index >= 15 is 0 Å². The fourth-order valence-electron chi connectivity index (χ4n) is 3.32. The summed E-state index contributed by atoms with van der Waals surface area (Å²) >= 11 is 0. The molecule has 26 heavy (non-hydrogen) atoms.